The lowest BCUT2D eigenvalue weighted by Crippen LogP contribution is -2.12. The van der Waals surface area contributed by atoms with E-state index in [1.54, 1.807) is 0 Å². The van der Waals surface area contributed by atoms with Crippen LogP contribution in [0.4, 0.5) is 0 Å². The molecule has 0 aliphatic carbocycles. The molecule has 0 aliphatic heterocycles. The molecule has 0 aromatic carbocycles. The summed E-state index contributed by atoms with van der Waals surface area (Å²) >= 11 is 1.51. The second kappa shape index (κ2) is 3.92. The van der Waals surface area contributed by atoms with Crippen molar-refractivity contribution in [1.82, 2.24) is 15.0 Å². The molecule has 0 radical (unpaired) electrons. The van der Waals surface area contributed by atoms with Crippen LogP contribution in [-0.2, 0) is 6.54 Å². The Bertz CT molecular complexity index is 531. The molecule has 15 heavy (non-hydrogen) atoms. The third-order valence-corrected chi connectivity index (χ3v) is 2.64. The summed E-state index contributed by atoms with van der Waals surface area (Å²) in [5.74, 6) is 0.479. The van der Waals surface area contributed by atoms with Gasteiger partial charge in [0.15, 0.2) is 5.82 Å². The number of nitrogens with two attached hydrogens (primary N) is 1. The first kappa shape index (κ1) is 10.0. The molecule has 0 spiro atoms. The van der Waals surface area contributed by atoms with Crippen LogP contribution in [0.1, 0.15) is 10.7 Å². The van der Waals surface area contributed by atoms with Crippen LogP contribution in [0.2, 0.25) is 0 Å². The average molecular weight is 222 g/mol. The van der Waals surface area contributed by atoms with Gasteiger partial charge in [-0.3, -0.25) is 4.79 Å². The van der Waals surface area contributed by atoms with Crippen LogP contribution in [0.5, 0.6) is 0 Å². The SMILES string of the molecule is Cc1nc(-c2nc(CN)cc(=O)[nH]2)cs1. The van der Waals surface area contributed by atoms with E-state index in [0.29, 0.717) is 17.2 Å². The summed E-state index contributed by atoms with van der Waals surface area (Å²) in [6.45, 7) is 2.15. The van der Waals surface area contributed by atoms with Gasteiger partial charge in [-0.05, 0) is 6.92 Å². The molecule has 0 bridgehead atoms. The Morgan fingerprint density at radius 3 is 2.93 bits per heavy atom. The molecule has 0 saturated carbocycles. The summed E-state index contributed by atoms with van der Waals surface area (Å²) in [6.07, 6.45) is 0. The number of rotatable bonds is 2. The number of hydrogen-bond donors (Lipinski definition) is 2. The zero-order valence-electron chi connectivity index (χ0n) is 8.15. The van der Waals surface area contributed by atoms with Gasteiger partial charge in [-0.25, -0.2) is 9.97 Å². The van der Waals surface area contributed by atoms with Crippen molar-refractivity contribution in [3.8, 4) is 11.5 Å². The molecular formula is C9H10N4OS. The van der Waals surface area contributed by atoms with E-state index in [1.807, 2.05) is 12.3 Å². The topological polar surface area (TPSA) is 84.7 Å². The van der Waals surface area contributed by atoms with Crippen molar-refractivity contribution in [2.45, 2.75) is 13.5 Å². The highest BCUT2D eigenvalue weighted by atomic mass is 32.1. The third-order valence-electron chi connectivity index (χ3n) is 1.87. The summed E-state index contributed by atoms with van der Waals surface area (Å²) in [6, 6.07) is 1.39. The van der Waals surface area contributed by atoms with Gasteiger partial charge >= 0.3 is 0 Å². The largest absolute Gasteiger partial charge is 0.325 e. The Kier molecular flexibility index (Phi) is 2.61. The number of nitrogens with zero attached hydrogens (tertiary/aromatic N) is 2. The molecule has 2 aromatic heterocycles. The number of hydrogen-bond acceptors (Lipinski definition) is 5. The molecule has 2 aromatic rings. The molecule has 0 amide bonds. The number of aryl methyl sites for hydroxylation is 1. The van der Waals surface area contributed by atoms with Crippen molar-refractivity contribution in [1.29, 1.82) is 0 Å². The summed E-state index contributed by atoms with van der Waals surface area (Å²) in [5.41, 5.74) is 6.49. The Labute approximate surface area is 90.0 Å². The van der Waals surface area contributed by atoms with Gasteiger partial charge in [0, 0.05) is 18.0 Å². The second-order valence-electron chi connectivity index (χ2n) is 3.04. The minimum Gasteiger partial charge on any atom is -0.325 e. The summed E-state index contributed by atoms with van der Waals surface area (Å²) < 4.78 is 0. The smallest absolute Gasteiger partial charge is 0.251 e. The van der Waals surface area contributed by atoms with Gasteiger partial charge in [0.05, 0.1) is 10.7 Å². The zero-order valence-corrected chi connectivity index (χ0v) is 8.97. The summed E-state index contributed by atoms with van der Waals surface area (Å²) in [7, 11) is 0. The highest BCUT2D eigenvalue weighted by Gasteiger charge is 2.06. The molecule has 78 valence electrons. The van der Waals surface area contributed by atoms with Crippen LogP contribution in [-0.4, -0.2) is 15.0 Å². The fourth-order valence-electron chi connectivity index (χ4n) is 1.21. The van der Waals surface area contributed by atoms with Crippen LogP contribution in [0.3, 0.4) is 0 Å². The van der Waals surface area contributed by atoms with E-state index in [9.17, 15) is 4.79 Å². The van der Waals surface area contributed by atoms with Gasteiger partial charge in [0.2, 0.25) is 0 Å². The monoisotopic (exact) mass is 222 g/mol. The summed E-state index contributed by atoms with van der Waals surface area (Å²) in [5, 5.41) is 2.79. The minimum absolute atomic E-state index is 0.203. The molecule has 0 saturated heterocycles. The van der Waals surface area contributed by atoms with Crippen molar-refractivity contribution >= 4 is 11.3 Å². The standard InChI is InChI=1S/C9H10N4OS/c1-5-11-7(4-15-5)9-12-6(3-10)2-8(14)13-9/h2,4H,3,10H2,1H3,(H,12,13,14). The van der Waals surface area contributed by atoms with Gasteiger partial charge in [0.25, 0.3) is 5.56 Å². The molecule has 0 unspecified atom stereocenters. The van der Waals surface area contributed by atoms with E-state index in [4.69, 9.17) is 5.73 Å². The highest BCUT2D eigenvalue weighted by molar-refractivity contribution is 7.09. The average Bonchev–Trinajstić information content (AvgIpc) is 2.64. The molecule has 2 rings (SSSR count). The highest BCUT2D eigenvalue weighted by Crippen LogP contribution is 2.16. The predicted octanol–water partition coefficient (Wildman–Crippen LogP) is 0.661. The molecule has 5 nitrogen and oxygen atoms in total. The van der Waals surface area contributed by atoms with Crippen molar-refractivity contribution < 1.29 is 0 Å². The van der Waals surface area contributed by atoms with Crippen molar-refractivity contribution in [3.63, 3.8) is 0 Å². The molecule has 6 heteroatoms. The van der Waals surface area contributed by atoms with E-state index in [1.165, 1.54) is 17.4 Å². The van der Waals surface area contributed by atoms with E-state index in [0.717, 1.165) is 5.01 Å². The first-order valence-corrected chi connectivity index (χ1v) is 5.30. The van der Waals surface area contributed by atoms with E-state index in [2.05, 4.69) is 15.0 Å². The Morgan fingerprint density at radius 2 is 2.33 bits per heavy atom. The van der Waals surface area contributed by atoms with Crippen molar-refractivity contribution in [3.05, 3.63) is 32.5 Å². The maximum atomic E-state index is 11.3. The predicted molar refractivity (Wildman–Crippen MR) is 58.6 cm³/mol. The molecular weight excluding hydrogens is 212 g/mol. The normalized spacial score (nSPS) is 10.5. The van der Waals surface area contributed by atoms with Gasteiger partial charge in [-0.2, -0.15) is 0 Å². The number of aromatic nitrogens is 3. The molecule has 2 heterocycles. The van der Waals surface area contributed by atoms with E-state index >= 15 is 0 Å². The van der Waals surface area contributed by atoms with Crippen LogP contribution >= 0.6 is 11.3 Å². The van der Waals surface area contributed by atoms with Gasteiger partial charge < -0.3 is 10.7 Å². The lowest BCUT2D eigenvalue weighted by Gasteiger charge is -1.98. The number of thiazole rings is 1. The van der Waals surface area contributed by atoms with Crippen LogP contribution in [0.15, 0.2) is 16.2 Å². The number of H-pyrrole nitrogens is 1. The molecule has 0 aliphatic rings. The second-order valence-corrected chi connectivity index (χ2v) is 4.10. The van der Waals surface area contributed by atoms with Gasteiger partial charge in [-0.1, -0.05) is 0 Å². The lowest BCUT2D eigenvalue weighted by atomic mass is 10.3. The maximum absolute atomic E-state index is 11.3. The molecule has 0 atom stereocenters. The zero-order chi connectivity index (χ0) is 10.8. The fraction of sp³-hybridized carbons (Fsp3) is 0.222. The Balaban J connectivity index is 2.53. The van der Waals surface area contributed by atoms with Crippen LogP contribution in [0, 0.1) is 6.92 Å². The lowest BCUT2D eigenvalue weighted by molar-refractivity contribution is 0.952. The first-order chi connectivity index (χ1) is 7.19. The maximum Gasteiger partial charge on any atom is 0.251 e. The first-order valence-electron chi connectivity index (χ1n) is 4.42. The third kappa shape index (κ3) is 2.11. The minimum atomic E-state index is -0.203. The van der Waals surface area contributed by atoms with Gasteiger partial charge in [-0.15, -0.1) is 11.3 Å². The molecule has 0 fully saturated rings. The fourth-order valence-corrected chi connectivity index (χ4v) is 1.80. The number of nitrogens with one attached hydrogen (secondary N) is 1. The quantitative estimate of drug-likeness (QED) is 0.781. The van der Waals surface area contributed by atoms with Gasteiger partial charge in [0.1, 0.15) is 5.69 Å². The van der Waals surface area contributed by atoms with Crippen LogP contribution in [0.25, 0.3) is 11.5 Å². The van der Waals surface area contributed by atoms with E-state index < -0.39 is 0 Å². The Hall–Kier alpha value is -1.53. The van der Waals surface area contributed by atoms with Crippen molar-refractivity contribution in [2.75, 3.05) is 0 Å². The van der Waals surface area contributed by atoms with Crippen LogP contribution < -0.4 is 11.3 Å². The Morgan fingerprint density at radius 1 is 1.53 bits per heavy atom. The molecule has 3 N–H and O–H groups in total. The van der Waals surface area contributed by atoms with Crippen molar-refractivity contribution in [2.24, 2.45) is 5.73 Å². The summed E-state index contributed by atoms with van der Waals surface area (Å²) in [4.78, 5) is 22.3. The number of aromatic amines is 1. The van der Waals surface area contributed by atoms with E-state index in [-0.39, 0.29) is 12.1 Å².